The van der Waals surface area contributed by atoms with Gasteiger partial charge < -0.3 is 0 Å². The summed E-state index contributed by atoms with van der Waals surface area (Å²) in [6.07, 6.45) is 7.34. The lowest BCUT2D eigenvalue weighted by Gasteiger charge is -2.03. The van der Waals surface area contributed by atoms with Gasteiger partial charge in [-0.3, -0.25) is 0 Å². The lowest BCUT2D eigenvalue weighted by atomic mass is 10.0. The molecule has 0 bridgehead atoms. The summed E-state index contributed by atoms with van der Waals surface area (Å²) in [5.74, 6) is 0. The highest BCUT2D eigenvalue weighted by atomic mass is 14.0. The van der Waals surface area contributed by atoms with Crippen molar-refractivity contribution in [3.63, 3.8) is 0 Å². The molecule has 0 nitrogen and oxygen atoms in total. The van der Waals surface area contributed by atoms with Gasteiger partial charge in [-0.25, -0.2) is 0 Å². The minimum absolute atomic E-state index is 1.10. The van der Waals surface area contributed by atoms with Crippen LogP contribution < -0.4 is 0 Å². The van der Waals surface area contributed by atoms with Crippen molar-refractivity contribution in [3.8, 4) is 0 Å². The smallest absolute Gasteiger partial charge is 0.0118 e. The third kappa shape index (κ3) is 4.47. The standard InChI is InChI=1S/C12H12.C9H10/c1-4-10-8-7-9-11(5-2)12(10)6-3;1-3-9-7-5-4-6-8(9)2/h4-9H,1-3H2;3-7H,1H2,2H3. The molecule has 0 fully saturated rings. The molecule has 0 aromatic heterocycles. The van der Waals surface area contributed by atoms with Gasteiger partial charge in [-0.05, 0) is 34.7 Å². The number of hydrogen-bond acceptors (Lipinski definition) is 0. The van der Waals surface area contributed by atoms with Gasteiger partial charge in [-0.1, -0.05) is 93.1 Å². The number of rotatable bonds is 4. The van der Waals surface area contributed by atoms with Crippen molar-refractivity contribution < 1.29 is 0 Å². The fourth-order valence-electron chi connectivity index (χ4n) is 2.01. The summed E-state index contributed by atoms with van der Waals surface area (Å²) >= 11 is 0. The summed E-state index contributed by atoms with van der Waals surface area (Å²) in [6, 6.07) is 14.2. The monoisotopic (exact) mass is 274 g/mol. The average Bonchev–Trinajstić information content (AvgIpc) is 2.54. The molecular formula is C21H22. The van der Waals surface area contributed by atoms with E-state index in [4.69, 9.17) is 0 Å². The Balaban J connectivity index is 0.000000219. The van der Waals surface area contributed by atoms with Crippen LogP contribution in [0.4, 0.5) is 0 Å². The first-order chi connectivity index (χ1) is 10.2. The molecule has 0 N–H and O–H groups in total. The lowest BCUT2D eigenvalue weighted by molar-refractivity contribution is 1.45. The third-order valence-corrected chi connectivity index (χ3v) is 3.23. The number of benzene rings is 2. The van der Waals surface area contributed by atoms with E-state index in [-0.39, 0.29) is 0 Å². The van der Waals surface area contributed by atoms with Gasteiger partial charge in [0.15, 0.2) is 0 Å². The van der Waals surface area contributed by atoms with Gasteiger partial charge >= 0.3 is 0 Å². The molecule has 0 unspecified atom stereocenters. The molecular weight excluding hydrogens is 252 g/mol. The van der Waals surface area contributed by atoms with Gasteiger partial charge in [-0.2, -0.15) is 0 Å². The van der Waals surface area contributed by atoms with Crippen molar-refractivity contribution in [2.24, 2.45) is 0 Å². The minimum Gasteiger partial charge on any atom is -0.0985 e. The van der Waals surface area contributed by atoms with E-state index in [9.17, 15) is 0 Å². The van der Waals surface area contributed by atoms with Crippen LogP contribution in [0.15, 0.2) is 68.8 Å². The summed E-state index contributed by atoms with van der Waals surface area (Å²) in [5, 5.41) is 0. The predicted molar refractivity (Wildman–Crippen MR) is 98.0 cm³/mol. The summed E-state index contributed by atoms with van der Waals surface area (Å²) in [4.78, 5) is 0. The molecule has 2 aromatic rings. The second kappa shape index (κ2) is 8.55. The van der Waals surface area contributed by atoms with Gasteiger partial charge in [0.05, 0.1) is 0 Å². The summed E-state index contributed by atoms with van der Waals surface area (Å²) in [6.45, 7) is 17.0. The summed E-state index contributed by atoms with van der Waals surface area (Å²) in [5.41, 5.74) is 5.80. The van der Waals surface area contributed by atoms with Crippen LogP contribution in [0.25, 0.3) is 24.3 Å². The van der Waals surface area contributed by atoms with E-state index in [2.05, 4.69) is 45.4 Å². The molecule has 0 heterocycles. The zero-order valence-corrected chi connectivity index (χ0v) is 12.7. The van der Waals surface area contributed by atoms with E-state index < -0.39 is 0 Å². The molecule has 2 aromatic carbocycles. The molecule has 0 aliphatic rings. The van der Waals surface area contributed by atoms with Gasteiger partial charge in [0, 0.05) is 0 Å². The molecule has 0 saturated carbocycles. The Labute approximate surface area is 128 Å². The summed E-state index contributed by atoms with van der Waals surface area (Å²) in [7, 11) is 0. The molecule has 2 rings (SSSR count). The molecule has 106 valence electrons. The van der Waals surface area contributed by atoms with E-state index in [1.165, 1.54) is 11.1 Å². The minimum atomic E-state index is 1.10. The van der Waals surface area contributed by atoms with Crippen LogP contribution in [0.2, 0.25) is 0 Å². The molecule has 0 saturated heterocycles. The Morgan fingerprint density at radius 3 is 1.48 bits per heavy atom. The molecule has 0 radical (unpaired) electrons. The molecule has 0 spiro atoms. The maximum Gasteiger partial charge on any atom is -0.0118 e. The first kappa shape index (κ1) is 16.5. The molecule has 0 atom stereocenters. The van der Waals surface area contributed by atoms with Crippen molar-refractivity contribution in [1.29, 1.82) is 0 Å². The first-order valence-electron chi connectivity index (χ1n) is 6.86. The maximum atomic E-state index is 3.75. The third-order valence-electron chi connectivity index (χ3n) is 3.23. The Bertz CT molecular complexity index is 619. The topological polar surface area (TPSA) is 0 Å². The molecule has 0 aliphatic carbocycles. The molecule has 0 aliphatic heterocycles. The van der Waals surface area contributed by atoms with E-state index in [0.29, 0.717) is 0 Å². The second-order valence-corrected chi connectivity index (χ2v) is 4.52. The van der Waals surface area contributed by atoms with Crippen LogP contribution in [0.1, 0.15) is 27.8 Å². The van der Waals surface area contributed by atoms with E-state index in [0.717, 1.165) is 16.7 Å². The van der Waals surface area contributed by atoms with E-state index in [1.807, 2.05) is 54.6 Å². The highest BCUT2D eigenvalue weighted by molar-refractivity contribution is 5.72. The fraction of sp³-hybridized carbons (Fsp3) is 0.0476. The predicted octanol–water partition coefficient (Wildman–Crippen LogP) is 6.25. The average molecular weight is 274 g/mol. The van der Waals surface area contributed by atoms with Gasteiger partial charge in [0.1, 0.15) is 0 Å². The van der Waals surface area contributed by atoms with E-state index in [1.54, 1.807) is 0 Å². The quantitative estimate of drug-likeness (QED) is 0.617. The van der Waals surface area contributed by atoms with Gasteiger partial charge in [0.2, 0.25) is 0 Å². The van der Waals surface area contributed by atoms with Crippen LogP contribution in [0, 0.1) is 6.92 Å². The SMILES string of the molecule is C=Cc1cccc(C=C)c1C=C.C=Cc1ccccc1C. The Hall–Kier alpha value is -2.60. The maximum absolute atomic E-state index is 3.75. The Morgan fingerprint density at radius 2 is 1.10 bits per heavy atom. The van der Waals surface area contributed by atoms with Crippen molar-refractivity contribution in [3.05, 3.63) is 96.6 Å². The van der Waals surface area contributed by atoms with Crippen LogP contribution in [0.5, 0.6) is 0 Å². The second-order valence-electron chi connectivity index (χ2n) is 4.52. The van der Waals surface area contributed by atoms with Crippen LogP contribution >= 0.6 is 0 Å². The fourth-order valence-corrected chi connectivity index (χ4v) is 2.01. The highest BCUT2D eigenvalue weighted by Gasteiger charge is 1.97. The van der Waals surface area contributed by atoms with Gasteiger partial charge in [0.25, 0.3) is 0 Å². The van der Waals surface area contributed by atoms with E-state index >= 15 is 0 Å². The molecule has 0 heteroatoms. The highest BCUT2D eigenvalue weighted by Crippen LogP contribution is 2.18. The normalized spacial score (nSPS) is 9.00. The first-order valence-corrected chi connectivity index (χ1v) is 6.86. The summed E-state index contributed by atoms with van der Waals surface area (Å²) < 4.78 is 0. The van der Waals surface area contributed by atoms with Crippen molar-refractivity contribution in [2.75, 3.05) is 0 Å². The van der Waals surface area contributed by atoms with Crippen LogP contribution in [-0.4, -0.2) is 0 Å². The van der Waals surface area contributed by atoms with Crippen LogP contribution in [0.3, 0.4) is 0 Å². The molecule has 0 amide bonds. The lowest BCUT2D eigenvalue weighted by Crippen LogP contribution is -1.84. The zero-order valence-electron chi connectivity index (χ0n) is 12.7. The van der Waals surface area contributed by atoms with Crippen molar-refractivity contribution in [1.82, 2.24) is 0 Å². The Morgan fingerprint density at radius 1 is 0.619 bits per heavy atom. The van der Waals surface area contributed by atoms with Crippen molar-refractivity contribution >= 4 is 24.3 Å². The number of aryl methyl sites for hydroxylation is 1. The van der Waals surface area contributed by atoms with Crippen LogP contribution in [-0.2, 0) is 0 Å². The zero-order chi connectivity index (χ0) is 15.7. The van der Waals surface area contributed by atoms with Crippen molar-refractivity contribution in [2.45, 2.75) is 6.92 Å². The largest absolute Gasteiger partial charge is 0.0985 e. The van der Waals surface area contributed by atoms with Gasteiger partial charge in [-0.15, -0.1) is 0 Å². The molecule has 21 heavy (non-hydrogen) atoms. The number of hydrogen-bond donors (Lipinski definition) is 0. The Kier molecular flexibility index (Phi) is 6.70.